The van der Waals surface area contributed by atoms with Crippen molar-refractivity contribution >= 4 is 11.6 Å². The van der Waals surface area contributed by atoms with E-state index in [0.717, 1.165) is 10.1 Å². The lowest BCUT2D eigenvalue weighted by Crippen LogP contribution is -2.26. The Morgan fingerprint density at radius 2 is 1.61 bits per heavy atom. The first-order valence-electron chi connectivity index (χ1n) is 10.2. The molecule has 0 aliphatic carbocycles. The standard InChI is InChI=1S/C24H22F2N4O3/c1-14(15-4-8-17(32-2)9-5-15)28-24(31)19-13-27-30-21(22(25)26)12-20(29-23(19)30)16-6-10-18(33-3)11-7-16/h4-14,22H,1-3H3,(H,28,31). The maximum Gasteiger partial charge on any atom is 0.280 e. The summed E-state index contributed by atoms with van der Waals surface area (Å²) in [5, 5.41) is 6.88. The van der Waals surface area contributed by atoms with Gasteiger partial charge < -0.3 is 14.8 Å². The lowest BCUT2D eigenvalue weighted by Gasteiger charge is -2.14. The van der Waals surface area contributed by atoms with Crippen LogP contribution in [0.3, 0.4) is 0 Å². The Bertz CT molecular complexity index is 1270. The SMILES string of the molecule is COc1ccc(-c2cc(C(F)F)n3ncc(C(=O)NC(C)c4ccc(OC)cc4)c3n2)cc1. The minimum Gasteiger partial charge on any atom is -0.497 e. The van der Waals surface area contributed by atoms with Crippen LogP contribution in [-0.2, 0) is 0 Å². The summed E-state index contributed by atoms with van der Waals surface area (Å²) in [4.78, 5) is 17.5. The van der Waals surface area contributed by atoms with E-state index in [-0.39, 0.29) is 22.9 Å². The number of hydrogen-bond acceptors (Lipinski definition) is 5. The third-order valence-corrected chi connectivity index (χ3v) is 5.32. The van der Waals surface area contributed by atoms with Gasteiger partial charge in [-0.25, -0.2) is 18.3 Å². The molecule has 0 saturated heterocycles. The minimum absolute atomic E-state index is 0.0537. The number of rotatable bonds is 7. The van der Waals surface area contributed by atoms with Gasteiger partial charge in [0.05, 0.1) is 32.2 Å². The lowest BCUT2D eigenvalue weighted by atomic mass is 10.1. The van der Waals surface area contributed by atoms with Gasteiger partial charge in [-0.05, 0) is 55.0 Å². The van der Waals surface area contributed by atoms with E-state index in [9.17, 15) is 13.6 Å². The average Bonchev–Trinajstić information content (AvgIpc) is 3.27. The molecule has 4 aromatic rings. The molecule has 7 nitrogen and oxygen atoms in total. The number of benzene rings is 2. The Morgan fingerprint density at radius 1 is 1.00 bits per heavy atom. The monoisotopic (exact) mass is 452 g/mol. The van der Waals surface area contributed by atoms with Gasteiger partial charge in [-0.3, -0.25) is 4.79 Å². The molecular formula is C24H22F2N4O3. The van der Waals surface area contributed by atoms with Crippen LogP contribution in [-0.4, -0.2) is 34.7 Å². The van der Waals surface area contributed by atoms with Crippen molar-refractivity contribution in [2.45, 2.75) is 19.4 Å². The van der Waals surface area contributed by atoms with Crippen LogP contribution in [0.5, 0.6) is 11.5 Å². The summed E-state index contributed by atoms with van der Waals surface area (Å²) in [5.41, 5.74) is 1.58. The van der Waals surface area contributed by atoms with Crippen molar-refractivity contribution in [3.05, 3.63) is 77.6 Å². The van der Waals surface area contributed by atoms with E-state index < -0.39 is 12.3 Å². The molecule has 4 rings (SSSR count). The molecule has 0 spiro atoms. The highest BCUT2D eigenvalue weighted by Crippen LogP contribution is 2.28. The predicted octanol–water partition coefficient (Wildman–Crippen LogP) is 4.84. The summed E-state index contributed by atoms with van der Waals surface area (Å²) < 4.78 is 38.9. The van der Waals surface area contributed by atoms with E-state index in [0.29, 0.717) is 22.8 Å². The number of amides is 1. The second kappa shape index (κ2) is 9.23. The Hall–Kier alpha value is -4.01. The van der Waals surface area contributed by atoms with Crippen LogP contribution in [0.1, 0.15) is 41.0 Å². The van der Waals surface area contributed by atoms with Crippen molar-refractivity contribution in [1.82, 2.24) is 19.9 Å². The molecule has 0 fully saturated rings. The number of carbonyl (C=O) groups is 1. The van der Waals surface area contributed by atoms with Crippen molar-refractivity contribution in [1.29, 1.82) is 0 Å². The maximum atomic E-state index is 13.8. The number of fused-ring (bicyclic) bond motifs is 1. The molecule has 1 N–H and O–H groups in total. The molecule has 2 aromatic carbocycles. The van der Waals surface area contributed by atoms with Crippen LogP contribution in [0.2, 0.25) is 0 Å². The second-order valence-corrected chi connectivity index (χ2v) is 7.36. The normalized spacial score (nSPS) is 12.1. The molecule has 0 bridgehead atoms. The first-order chi connectivity index (χ1) is 15.9. The molecule has 1 unspecified atom stereocenters. The fraction of sp³-hybridized carbons (Fsp3) is 0.208. The highest BCUT2D eigenvalue weighted by molar-refractivity contribution is 6.00. The second-order valence-electron chi connectivity index (χ2n) is 7.36. The zero-order valence-electron chi connectivity index (χ0n) is 18.3. The van der Waals surface area contributed by atoms with Crippen LogP contribution in [0.25, 0.3) is 16.9 Å². The van der Waals surface area contributed by atoms with Gasteiger partial charge in [0.1, 0.15) is 22.8 Å². The van der Waals surface area contributed by atoms with Gasteiger partial charge in [0.15, 0.2) is 5.65 Å². The molecule has 1 atom stereocenters. The predicted molar refractivity (Wildman–Crippen MR) is 119 cm³/mol. The summed E-state index contributed by atoms with van der Waals surface area (Å²) in [6.07, 6.45) is -1.55. The third-order valence-electron chi connectivity index (χ3n) is 5.32. The molecule has 170 valence electrons. The molecule has 0 radical (unpaired) electrons. The molecule has 1 amide bonds. The topological polar surface area (TPSA) is 77.8 Å². The number of halogens is 2. The van der Waals surface area contributed by atoms with E-state index in [2.05, 4.69) is 15.4 Å². The molecule has 2 heterocycles. The lowest BCUT2D eigenvalue weighted by molar-refractivity contribution is 0.0941. The number of alkyl halides is 2. The van der Waals surface area contributed by atoms with Crippen LogP contribution in [0.4, 0.5) is 8.78 Å². The Balaban J connectivity index is 1.69. The molecule has 33 heavy (non-hydrogen) atoms. The van der Waals surface area contributed by atoms with Crippen molar-refractivity contribution in [3.8, 4) is 22.8 Å². The third kappa shape index (κ3) is 4.48. The van der Waals surface area contributed by atoms with Crippen LogP contribution in [0, 0.1) is 0 Å². The fourth-order valence-corrected chi connectivity index (χ4v) is 3.46. The Labute approximate surface area is 189 Å². The minimum atomic E-state index is -2.80. The van der Waals surface area contributed by atoms with Crippen LogP contribution in [0.15, 0.2) is 60.8 Å². The number of hydrogen-bond donors (Lipinski definition) is 1. The molecular weight excluding hydrogens is 430 g/mol. The highest BCUT2D eigenvalue weighted by atomic mass is 19.3. The van der Waals surface area contributed by atoms with E-state index >= 15 is 0 Å². The summed E-state index contributed by atoms with van der Waals surface area (Å²) in [6.45, 7) is 1.83. The van der Waals surface area contributed by atoms with Crippen molar-refractivity contribution in [3.63, 3.8) is 0 Å². The zero-order valence-corrected chi connectivity index (χ0v) is 18.3. The van der Waals surface area contributed by atoms with E-state index in [1.165, 1.54) is 19.4 Å². The quantitative estimate of drug-likeness (QED) is 0.434. The average molecular weight is 452 g/mol. The largest absolute Gasteiger partial charge is 0.497 e. The molecule has 9 heteroatoms. The molecule has 0 aliphatic rings. The smallest absolute Gasteiger partial charge is 0.280 e. The number of methoxy groups -OCH3 is 2. The van der Waals surface area contributed by atoms with Gasteiger partial charge in [0.25, 0.3) is 12.3 Å². The van der Waals surface area contributed by atoms with Crippen LogP contribution < -0.4 is 14.8 Å². The Kier molecular flexibility index (Phi) is 6.21. The van der Waals surface area contributed by atoms with Gasteiger partial charge in [0, 0.05) is 5.56 Å². The van der Waals surface area contributed by atoms with Crippen molar-refractivity contribution < 1.29 is 23.0 Å². The van der Waals surface area contributed by atoms with E-state index in [1.54, 1.807) is 43.5 Å². The Morgan fingerprint density at radius 3 is 2.18 bits per heavy atom. The number of nitrogens with one attached hydrogen (secondary N) is 1. The molecule has 0 aliphatic heterocycles. The van der Waals surface area contributed by atoms with Gasteiger partial charge in [-0.15, -0.1) is 0 Å². The maximum absolute atomic E-state index is 13.8. The van der Waals surface area contributed by atoms with E-state index in [4.69, 9.17) is 9.47 Å². The van der Waals surface area contributed by atoms with Gasteiger partial charge in [-0.2, -0.15) is 5.10 Å². The molecule has 2 aromatic heterocycles. The fourth-order valence-electron chi connectivity index (χ4n) is 3.46. The van der Waals surface area contributed by atoms with Gasteiger partial charge >= 0.3 is 0 Å². The van der Waals surface area contributed by atoms with E-state index in [1.807, 2.05) is 19.1 Å². The van der Waals surface area contributed by atoms with Crippen LogP contribution >= 0.6 is 0 Å². The summed E-state index contributed by atoms with van der Waals surface area (Å²) in [5.74, 6) is 0.869. The summed E-state index contributed by atoms with van der Waals surface area (Å²) >= 11 is 0. The first kappa shape index (κ1) is 22.2. The number of nitrogens with zero attached hydrogens (tertiary/aromatic N) is 3. The number of ether oxygens (including phenoxy) is 2. The summed E-state index contributed by atoms with van der Waals surface area (Å²) in [7, 11) is 3.12. The van der Waals surface area contributed by atoms with Gasteiger partial charge in [-0.1, -0.05) is 12.1 Å². The molecule has 0 saturated carbocycles. The van der Waals surface area contributed by atoms with Crippen molar-refractivity contribution in [2.24, 2.45) is 0 Å². The van der Waals surface area contributed by atoms with Gasteiger partial charge in [0.2, 0.25) is 0 Å². The highest BCUT2D eigenvalue weighted by Gasteiger charge is 2.22. The van der Waals surface area contributed by atoms with Crippen molar-refractivity contribution in [2.75, 3.05) is 14.2 Å². The first-order valence-corrected chi connectivity index (χ1v) is 10.2. The number of aromatic nitrogens is 3. The number of carbonyl (C=O) groups excluding carboxylic acids is 1. The zero-order chi connectivity index (χ0) is 23.5. The summed E-state index contributed by atoms with van der Waals surface area (Å²) in [6, 6.07) is 15.1.